The lowest BCUT2D eigenvalue weighted by Crippen LogP contribution is -2.50. The topological polar surface area (TPSA) is 67.8 Å². The van der Waals surface area contributed by atoms with Crippen LogP contribution in [-0.4, -0.2) is 49.1 Å². The fourth-order valence-electron chi connectivity index (χ4n) is 3.10. The van der Waals surface area contributed by atoms with Crippen LogP contribution < -0.4 is 5.32 Å². The zero-order valence-corrected chi connectivity index (χ0v) is 11.7. The normalized spacial score (nSPS) is 32.6. The van der Waals surface area contributed by atoms with Crippen LogP contribution in [0, 0.1) is 5.92 Å². The first-order valence-electron chi connectivity index (χ1n) is 7.34. The van der Waals surface area contributed by atoms with E-state index in [1.165, 1.54) is 0 Å². The first-order valence-corrected chi connectivity index (χ1v) is 7.34. The molecule has 2 N–H and O–H groups in total. The van der Waals surface area contributed by atoms with Crippen LogP contribution in [0.25, 0.3) is 0 Å². The Hall–Kier alpha value is -0.650. The van der Waals surface area contributed by atoms with Crippen molar-refractivity contribution in [2.75, 3.05) is 26.4 Å². The predicted molar refractivity (Wildman–Crippen MR) is 71.2 cm³/mol. The number of aliphatic carboxylic acids is 1. The maximum Gasteiger partial charge on any atom is 0.323 e. The van der Waals surface area contributed by atoms with Crippen molar-refractivity contribution in [1.29, 1.82) is 0 Å². The summed E-state index contributed by atoms with van der Waals surface area (Å²) in [6.45, 7) is 5.03. The Morgan fingerprint density at radius 2 is 2.16 bits per heavy atom. The van der Waals surface area contributed by atoms with Crippen LogP contribution in [0.1, 0.15) is 39.0 Å². The molecule has 110 valence electrons. The summed E-state index contributed by atoms with van der Waals surface area (Å²) in [5, 5.41) is 12.5. The smallest absolute Gasteiger partial charge is 0.323 e. The van der Waals surface area contributed by atoms with Gasteiger partial charge < -0.3 is 19.9 Å². The Bertz CT molecular complexity index is 304. The Labute approximate surface area is 114 Å². The number of hydrogen-bond donors (Lipinski definition) is 2. The minimum atomic E-state index is -0.769. The van der Waals surface area contributed by atoms with Gasteiger partial charge in [-0.1, -0.05) is 6.92 Å². The van der Waals surface area contributed by atoms with Crippen LogP contribution in [0.5, 0.6) is 0 Å². The maximum atomic E-state index is 11.4. The first kappa shape index (κ1) is 14.8. The lowest BCUT2D eigenvalue weighted by Gasteiger charge is -2.26. The van der Waals surface area contributed by atoms with Crippen molar-refractivity contribution in [3.05, 3.63) is 0 Å². The van der Waals surface area contributed by atoms with Gasteiger partial charge in [-0.15, -0.1) is 0 Å². The predicted octanol–water partition coefficient (Wildman–Crippen LogP) is 1.41. The molecule has 2 unspecified atom stereocenters. The highest BCUT2D eigenvalue weighted by Gasteiger charge is 2.45. The van der Waals surface area contributed by atoms with Gasteiger partial charge in [0.25, 0.3) is 0 Å². The third-order valence-electron chi connectivity index (χ3n) is 4.30. The number of nitrogens with one attached hydrogen (secondary N) is 1. The largest absolute Gasteiger partial charge is 0.480 e. The molecule has 0 radical (unpaired) electrons. The highest BCUT2D eigenvalue weighted by molar-refractivity contribution is 5.79. The summed E-state index contributed by atoms with van der Waals surface area (Å²) < 4.78 is 11.3. The average Bonchev–Trinajstić information content (AvgIpc) is 2.83. The van der Waals surface area contributed by atoms with Crippen LogP contribution in [0.4, 0.5) is 0 Å². The van der Waals surface area contributed by atoms with E-state index in [4.69, 9.17) is 9.47 Å². The fourth-order valence-corrected chi connectivity index (χ4v) is 3.10. The van der Waals surface area contributed by atoms with Crippen molar-refractivity contribution in [1.82, 2.24) is 5.32 Å². The van der Waals surface area contributed by atoms with Gasteiger partial charge >= 0.3 is 5.97 Å². The highest BCUT2D eigenvalue weighted by atomic mass is 16.5. The van der Waals surface area contributed by atoms with Gasteiger partial charge in [0.1, 0.15) is 5.54 Å². The van der Waals surface area contributed by atoms with Gasteiger partial charge in [-0.25, -0.2) is 0 Å². The van der Waals surface area contributed by atoms with Crippen molar-refractivity contribution < 1.29 is 19.4 Å². The van der Waals surface area contributed by atoms with Gasteiger partial charge in [-0.2, -0.15) is 0 Å². The molecule has 1 aliphatic heterocycles. The number of carboxylic acids is 1. The van der Waals surface area contributed by atoms with E-state index in [-0.39, 0.29) is 6.10 Å². The second kappa shape index (κ2) is 6.68. The van der Waals surface area contributed by atoms with Crippen LogP contribution in [0.3, 0.4) is 0 Å². The number of ether oxygens (including phenoxy) is 2. The summed E-state index contributed by atoms with van der Waals surface area (Å²) in [7, 11) is 0. The molecule has 0 bridgehead atoms. The molecule has 1 saturated carbocycles. The molecule has 1 saturated heterocycles. The van der Waals surface area contributed by atoms with Gasteiger partial charge in [0.2, 0.25) is 0 Å². The molecule has 19 heavy (non-hydrogen) atoms. The molecule has 0 aromatic carbocycles. The number of hydrogen-bond acceptors (Lipinski definition) is 4. The fraction of sp³-hybridized carbons (Fsp3) is 0.929. The molecule has 2 rings (SSSR count). The molecular formula is C14H25NO4. The van der Waals surface area contributed by atoms with E-state index in [9.17, 15) is 9.90 Å². The average molecular weight is 271 g/mol. The lowest BCUT2D eigenvalue weighted by molar-refractivity contribution is -0.145. The number of carboxylic acid groups (broad SMARTS) is 1. The SMILES string of the molecule is CCNC1(C(=O)O)CCC(OCC2CCOCC2)C1. The number of rotatable bonds is 6. The highest BCUT2D eigenvalue weighted by Crippen LogP contribution is 2.33. The van der Waals surface area contributed by atoms with Crippen LogP contribution in [-0.2, 0) is 14.3 Å². The molecule has 0 aromatic heterocycles. The molecule has 1 aliphatic carbocycles. The summed E-state index contributed by atoms with van der Waals surface area (Å²) in [6, 6.07) is 0. The van der Waals surface area contributed by atoms with Crippen LogP contribution in [0.2, 0.25) is 0 Å². The summed E-state index contributed by atoms with van der Waals surface area (Å²) in [5.74, 6) is -0.167. The van der Waals surface area contributed by atoms with Gasteiger partial charge in [-0.3, -0.25) is 4.79 Å². The number of carbonyl (C=O) groups is 1. The molecule has 5 heteroatoms. The van der Waals surface area contributed by atoms with Crippen molar-refractivity contribution in [3.63, 3.8) is 0 Å². The third kappa shape index (κ3) is 3.68. The second-order valence-electron chi connectivity index (χ2n) is 5.67. The molecule has 0 spiro atoms. The third-order valence-corrected chi connectivity index (χ3v) is 4.30. The zero-order valence-electron chi connectivity index (χ0n) is 11.7. The summed E-state index contributed by atoms with van der Waals surface area (Å²) in [6.07, 6.45) is 4.28. The molecular weight excluding hydrogens is 246 g/mol. The van der Waals surface area contributed by atoms with Crippen LogP contribution >= 0.6 is 0 Å². The minimum absolute atomic E-state index is 0.0815. The van der Waals surface area contributed by atoms with Gasteiger partial charge in [-0.05, 0) is 38.1 Å². The van der Waals surface area contributed by atoms with Crippen molar-refractivity contribution >= 4 is 5.97 Å². The Balaban J connectivity index is 1.78. The zero-order chi connectivity index (χ0) is 13.7. The van der Waals surface area contributed by atoms with E-state index >= 15 is 0 Å². The minimum Gasteiger partial charge on any atom is -0.480 e. The monoisotopic (exact) mass is 271 g/mol. The van der Waals surface area contributed by atoms with E-state index in [2.05, 4.69) is 5.32 Å². The molecule has 2 aliphatic rings. The van der Waals surface area contributed by atoms with Crippen molar-refractivity contribution in [3.8, 4) is 0 Å². The van der Waals surface area contributed by atoms with E-state index in [1.807, 2.05) is 6.92 Å². The lowest BCUT2D eigenvalue weighted by atomic mass is 9.97. The van der Waals surface area contributed by atoms with E-state index in [0.29, 0.717) is 25.3 Å². The summed E-state index contributed by atoms with van der Waals surface area (Å²) >= 11 is 0. The summed E-state index contributed by atoms with van der Waals surface area (Å²) in [4.78, 5) is 11.4. The standard InChI is InChI=1S/C14H25NO4/c1-2-15-14(13(16)17)6-3-12(9-14)19-10-11-4-7-18-8-5-11/h11-12,15H,2-10H2,1H3,(H,16,17). The van der Waals surface area contributed by atoms with Crippen LogP contribution in [0.15, 0.2) is 0 Å². The molecule has 0 amide bonds. The van der Waals surface area contributed by atoms with Gasteiger partial charge in [0, 0.05) is 26.2 Å². The Morgan fingerprint density at radius 1 is 1.42 bits per heavy atom. The van der Waals surface area contributed by atoms with E-state index < -0.39 is 11.5 Å². The molecule has 1 heterocycles. The quantitative estimate of drug-likeness (QED) is 0.764. The summed E-state index contributed by atoms with van der Waals surface area (Å²) in [5.41, 5.74) is -0.769. The van der Waals surface area contributed by atoms with Crippen molar-refractivity contribution in [2.45, 2.75) is 50.7 Å². The Kier molecular flexibility index (Phi) is 5.19. The van der Waals surface area contributed by atoms with Gasteiger partial charge in [0.05, 0.1) is 6.10 Å². The van der Waals surface area contributed by atoms with E-state index in [1.54, 1.807) is 0 Å². The second-order valence-corrected chi connectivity index (χ2v) is 5.67. The van der Waals surface area contributed by atoms with E-state index in [0.717, 1.165) is 39.1 Å². The molecule has 5 nitrogen and oxygen atoms in total. The maximum absolute atomic E-state index is 11.4. The van der Waals surface area contributed by atoms with Gasteiger partial charge in [0.15, 0.2) is 0 Å². The molecule has 2 fully saturated rings. The Morgan fingerprint density at radius 3 is 2.79 bits per heavy atom. The first-order chi connectivity index (χ1) is 9.16. The molecule has 2 atom stereocenters. The van der Waals surface area contributed by atoms with Crippen molar-refractivity contribution in [2.24, 2.45) is 5.92 Å². The molecule has 0 aromatic rings. The number of likely N-dealkylation sites (N-methyl/N-ethyl adjacent to an activating group) is 1.